The van der Waals surface area contributed by atoms with Gasteiger partial charge >= 0.3 is 12.0 Å². The monoisotopic (exact) mass is 347 g/mol. The summed E-state index contributed by atoms with van der Waals surface area (Å²) in [4.78, 5) is 50.0. The van der Waals surface area contributed by atoms with E-state index < -0.39 is 17.9 Å². The van der Waals surface area contributed by atoms with E-state index in [0.717, 1.165) is 4.90 Å². The maximum absolute atomic E-state index is 12.4. The Labute approximate surface area is 145 Å². The van der Waals surface area contributed by atoms with Crippen molar-refractivity contribution < 1.29 is 23.9 Å². The van der Waals surface area contributed by atoms with Crippen molar-refractivity contribution in [2.24, 2.45) is 5.92 Å². The van der Waals surface area contributed by atoms with E-state index in [9.17, 15) is 19.2 Å². The van der Waals surface area contributed by atoms with Crippen LogP contribution in [0.25, 0.3) is 0 Å². The average molecular weight is 347 g/mol. The Morgan fingerprint density at radius 3 is 2.40 bits per heavy atom. The first kappa shape index (κ1) is 18.4. The molecule has 1 fully saturated rings. The second-order valence-corrected chi connectivity index (χ2v) is 5.81. The van der Waals surface area contributed by atoms with E-state index in [4.69, 9.17) is 4.74 Å². The molecule has 0 spiro atoms. The number of hydrogen-bond donors (Lipinski definition) is 1. The van der Waals surface area contributed by atoms with Crippen molar-refractivity contribution in [2.45, 2.75) is 20.8 Å². The fraction of sp³-hybridized carbons (Fsp3) is 0.412. The second kappa shape index (κ2) is 7.78. The lowest BCUT2D eigenvalue weighted by Gasteiger charge is -2.18. The van der Waals surface area contributed by atoms with Crippen molar-refractivity contribution in [3.05, 3.63) is 29.8 Å². The molecular formula is C17H21N3O5. The van der Waals surface area contributed by atoms with Gasteiger partial charge in [-0.15, -0.1) is 0 Å². The van der Waals surface area contributed by atoms with Crippen molar-refractivity contribution in [1.82, 2.24) is 10.2 Å². The summed E-state index contributed by atoms with van der Waals surface area (Å²) in [7, 11) is 0. The molecule has 1 aliphatic rings. The summed E-state index contributed by atoms with van der Waals surface area (Å²) in [6, 6.07) is 5.71. The van der Waals surface area contributed by atoms with Gasteiger partial charge in [0.15, 0.2) is 0 Å². The van der Waals surface area contributed by atoms with Crippen molar-refractivity contribution in [1.29, 1.82) is 0 Å². The molecule has 1 saturated heterocycles. The van der Waals surface area contributed by atoms with Crippen LogP contribution in [0, 0.1) is 5.92 Å². The zero-order valence-corrected chi connectivity index (χ0v) is 14.4. The van der Waals surface area contributed by atoms with Gasteiger partial charge in [0.25, 0.3) is 5.91 Å². The zero-order chi connectivity index (χ0) is 18.6. The van der Waals surface area contributed by atoms with Gasteiger partial charge in [0, 0.05) is 11.6 Å². The first-order chi connectivity index (χ1) is 11.8. The number of urea groups is 1. The molecule has 0 saturated carbocycles. The van der Waals surface area contributed by atoms with Crippen LogP contribution in [0.1, 0.15) is 31.1 Å². The summed E-state index contributed by atoms with van der Waals surface area (Å²) in [6.07, 6.45) is 0. The number of hydrogen-bond acceptors (Lipinski definition) is 5. The fourth-order valence-electron chi connectivity index (χ4n) is 2.25. The normalized spacial score (nSPS) is 14.2. The number of carbonyl (C=O) groups is 4. The molecule has 1 N–H and O–H groups in total. The molecule has 0 unspecified atom stereocenters. The molecule has 1 aromatic rings. The molecule has 0 bridgehead atoms. The summed E-state index contributed by atoms with van der Waals surface area (Å²) in [5.74, 6) is -1.32. The minimum absolute atomic E-state index is 0.116. The minimum atomic E-state index is -0.516. The zero-order valence-electron chi connectivity index (χ0n) is 14.4. The van der Waals surface area contributed by atoms with Gasteiger partial charge in [-0.3, -0.25) is 14.5 Å². The van der Waals surface area contributed by atoms with Crippen LogP contribution in [-0.2, 0) is 14.3 Å². The van der Waals surface area contributed by atoms with Gasteiger partial charge in [-0.2, -0.15) is 0 Å². The summed E-state index contributed by atoms with van der Waals surface area (Å²) in [5.41, 5.74) is 0.855. The van der Waals surface area contributed by atoms with Crippen molar-refractivity contribution in [3.63, 3.8) is 0 Å². The first-order valence-corrected chi connectivity index (χ1v) is 8.02. The molecule has 2 rings (SSSR count). The highest BCUT2D eigenvalue weighted by molar-refractivity contribution is 6.12. The third-order valence-corrected chi connectivity index (χ3v) is 3.68. The Morgan fingerprint density at radius 1 is 1.20 bits per heavy atom. The molecule has 1 aromatic carbocycles. The Hall–Kier alpha value is -2.90. The highest BCUT2D eigenvalue weighted by Crippen LogP contribution is 2.21. The lowest BCUT2D eigenvalue weighted by molar-refractivity contribution is -0.127. The number of imide groups is 1. The molecule has 0 radical (unpaired) electrons. The van der Waals surface area contributed by atoms with Crippen LogP contribution in [0.15, 0.2) is 24.3 Å². The lowest BCUT2D eigenvalue weighted by Crippen LogP contribution is -2.43. The number of esters is 1. The van der Waals surface area contributed by atoms with Crippen LogP contribution in [0.3, 0.4) is 0 Å². The van der Waals surface area contributed by atoms with E-state index in [1.54, 1.807) is 32.9 Å². The highest BCUT2D eigenvalue weighted by atomic mass is 16.5. The quantitative estimate of drug-likeness (QED) is 0.619. The number of ether oxygens (including phenoxy) is 1. The van der Waals surface area contributed by atoms with Gasteiger partial charge in [0.1, 0.15) is 13.2 Å². The van der Waals surface area contributed by atoms with Gasteiger partial charge in [0.2, 0.25) is 5.91 Å². The van der Waals surface area contributed by atoms with Crippen molar-refractivity contribution in [2.75, 3.05) is 24.7 Å². The molecule has 0 atom stereocenters. The van der Waals surface area contributed by atoms with E-state index in [1.165, 1.54) is 17.0 Å². The number of nitrogens with one attached hydrogen (secondary N) is 1. The van der Waals surface area contributed by atoms with Gasteiger partial charge in [-0.05, 0) is 31.2 Å². The Morgan fingerprint density at radius 2 is 1.84 bits per heavy atom. The van der Waals surface area contributed by atoms with Crippen LogP contribution in [0.2, 0.25) is 0 Å². The topological polar surface area (TPSA) is 96.0 Å². The molecule has 1 heterocycles. The number of carbonyl (C=O) groups excluding carboxylic acids is 4. The predicted octanol–water partition coefficient (Wildman–Crippen LogP) is 1.36. The molecule has 4 amide bonds. The molecule has 1 aliphatic heterocycles. The number of rotatable bonds is 6. The predicted molar refractivity (Wildman–Crippen MR) is 89.8 cm³/mol. The smallest absolute Gasteiger partial charge is 0.338 e. The molecule has 8 heteroatoms. The lowest BCUT2D eigenvalue weighted by atomic mass is 10.2. The third-order valence-electron chi connectivity index (χ3n) is 3.68. The molecule has 134 valence electrons. The Balaban J connectivity index is 2.06. The molecule has 8 nitrogen and oxygen atoms in total. The van der Waals surface area contributed by atoms with E-state index >= 15 is 0 Å². The number of anilines is 1. The standard InChI is InChI=1S/C17H21N3O5/c1-4-25-16(23)12-5-7-13(8-6-12)19-9-14(21)20(17(19)24)10-18-15(22)11(2)3/h5-8,11H,4,9-10H2,1-3H3,(H,18,22). The van der Waals surface area contributed by atoms with E-state index in [2.05, 4.69) is 5.32 Å². The van der Waals surface area contributed by atoms with Gasteiger partial charge < -0.3 is 10.1 Å². The maximum Gasteiger partial charge on any atom is 0.338 e. The highest BCUT2D eigenvalue weighted by Gasteiger charge is 2.37. The summed E-state index contributed by atoms with van der Waals surface area (Å²) in [5, 5.41) is 2.55. The van der Waals surface area contributed by atoms with E-state index in [0.29, 0.717) is 11.3 Å². The summed E-state index contributed by atoms with van der Waals surface area (Å²) in [6.45, 7) is 5.16. The minimum Gasteiger partial charge on any atom is -0.462 e. The first-order valence-electron chi connectivity index (χ1n) is 8.02. The molecular weight excluding hydrogens is 326 g/mol. The molecule has 25 heavy (non-hydrogen) atoms. The number of amides is 4. The van der Waals surface area contributed by atoms with Crippen LogP contribution >= 0.6 is 0 Å². The van der Waals surface area contributed by atoms with E-state index in [-0.39, 0.29) is 31.6 Å². The maximum atomic E-state index is 12.4. The average Bonchev–Trinajstić information content (AvgIpc) is 2.87. The third kappa shape index (κ3) is 4.14. The van der Waals surface area contributed by atoms with Crippen LogP contribution in [0.4, 0.5) is 10.5 Å². The van der Waals surface area contributed by atoms with Crippen molar-refractivity contribution in [3.8, 4) is 0 Å². The van der Waals surface area contributed by atoms with Crippen LogP contribution < -0.4 is 10.2 Å². The van der Waals surface area contributed by atoms with Gasteiger partial charge in [-0.1, -0.05) is 13.8 Å². The SMILES string of the molecule is CCOC(=O)c1ccc(N2CC(=O)N(CNC(=O)C(C)C)C2=O)cc1. The molecule has 0 aliphatic carbocycles. The Kier molecular flexibility index (Phi) is 5.74. The number of nitrogens with zero attached hydrogens (tertiary/aromatic N) is 2. The number of benzene rings is 1. The van der Waals surface area contributed by atoms with E-state index in [1.807, 2.05) is 0 Å². The second-order valence-electron chi connectivity index (χ2n) is 5.81. The van der Waals surface area contributed by atoms with Crippen molar-refractivity contribution >= 4 is 29.5 Å². The van der Waals surface area contributed by atoms with Crippen LogP contribution in [0.5, 0.6) is 0 Å². The van der Waals surface area contributed by atoms with Gasteiger partial charge in [0.05, 0.1) is 12.2 Å². The summed E-state index contributed by atoms with van der Waals surface area (Å²) >= 11 is 0. The molecule has 0 aromatic heterocycles. The van der Waals surface area contributed by atoms with Crippen LogP contribution in [-0.4, -0.2) is 48.5 Å². The summed E-state index contributed by atoms with van der Waals surface area (Å²) < 4.78 is 4.90. The largest absolute Gasteiger partial charge is 0.462 e. The van der Waals surface area contributed by atoms with Gasteiger partial charge in [-0.25, -0.2) is 14.5 Å². The Bertz CT molecular complexity index is 684. The fourth-order valence-corrected chi connectivity index (χ4v) is 2.25.